The van der Waals surface area contributed by atoms with Crippen LogP contribution in [0, 0.1) is 0 Å². The minimum absolute atomic E-state index is 0.0673. The molecule has 30 heavy (non-hydrogen) atoms. The summed E-state index contributed by atoms with van der Waals surface area (Å²) in [5.74, 6) is 0.0403. The number of benzene rings is 3. The van der Waals surface area contributed by atoms with Crippen LogP contribution in [0.5, 0.6) is 5.75 Å². The lowest BCUT2D eigenvalue weighted by Gasteiger charge is -2.15. The van der Waals surface area contributed by atoms with E-state index in [2.05, 4.69) is 10.0 Å². The zero-order valence-electron chi connectivity index (χ0n) is 16.4. The first kappa shape index (κ1) is 21.7. The minimum atomic E-state index is -3.79. The van der Waals surface area contributed by atoms with Crippen molar-refractivity contribution in [1.29, 1.82) is 0 Å². The third-order valence-corrected chi connectivity index (χ3v) is 5.74. The van der Waals surface area contributed by atoms with Crippen LogP contribution in [0.25, 0.3) is 0 Å². The number of amides is 1. The third kappa shape index (κ3) is 5.31. The van der Waals surface area contributed by atoms with Gasteiger partial charge in [0.2, 0.25) is 0 Å². The molecule has 0 aliphatic rings. The number of nitrogens with one attached hydrogen (secondary N) is 2. The highest BCUT2D eigenvalue weighted by molar-refractivity contribution is 7.92. The van der Waals surface area contributed by atoms with Crippen molar-refractivity contribution in [2.24, 2.45) is 0 Å². The second kappa shape index (κ2) is 9.19. The van der Waals surface area contributed by atoms with Crippen molar-refractivity contribution in [2.45, 2.75) is 24.8 Å². The minimum Gasteiger partial charge on any atom is -0.489 e. The van der Waals surface area contributed by atoms with Gasteiger partial charge in [-0.15, -0.1) is 0 Å². The Hall–Kier alpha value is -3.03. The van der Waals surface area contributed by atoms with Crippen molar-refractivity contribution in [1.82, 2.24) is 0 Å². The van der Waals surface area contributed by atoms with Crippen LogP contribution in [0.15, 0.2) is 77.7 Å². The zero-order chi connectivity index (χ0) is 21.7. The number of hydrogen-bond donors (Lipinski definition) is 2. The fourth-order valence-corrected chi connectivity index (χ4v) is 3.97. The van der Waals surface area contributed by atoms with Crippen molar-refractivity contribution in [3.63, 3.8) is 0 Å². The standard InChI is InChI=1S/C22H21ClN2O4S/c1-15(2)29-21-11-7-6-10-20(21)24-22(26)18-14-16(12-13-19(18)23)25-30(27,28)17-8-4-3-5-9-17/h3-15,25H,1-2H3,(H,24,26). The maximum atomic E-state index is 12.8. The van der Waals surface area contributed by atoms with Gasteiger partial charge in [0.05, 0.1) is 27.3 Å². The molecule has 0 aromatic heterocycles. The van der Waals surface area contributed by atoms with E-state index in [0.29, 0.717) is 11.4 Å². The van der Waals surface area contributed by atoms with E-state index in [1.165, 1.54) is 30.3 Å². The number of rotatable bonds is 7. The van der Waals surface area contributed by atoms with Gasteiger partial charge in [-0.1, -0.05) is 41.9 Å². The number of anilines is 2. The van der Waals surface area contributed by atoms with Crippen LogP contribution in [-0.4, -0.2) is 20.4 Å². The largest absolute Gasteiger partial charge is 0.489 e. The maximum Gasteiger partial charge on any atom is 0.261 e. The summed E-state index contributed by atoms with van der Waals surface area (Å²) in [6.07, 6.45) is -0.0673. The maximum absolute atomic E-state index is 12.8. The van der Waals surface area contributed by atoms with E-state index in [9.17, 15) is 13.2 Å². The Morgan fingerprint density at radius 1 is 0.967 bits per heavy atom. The predicted molar refractivity (Wildman–Crippen MR) is 119 cm³/mol. The van der Waals surface area contributed by atoms with Crippen LogP contribution >= 0.6 is 11.6 Å². The van der Waals surface area contributed by atoms with Gasteiger partial charge in [0.15, 0.2) is 0 Å². The SMILES string of the molecule is CC(C)Oc1ccccc1NC(=O)c1cc(NS(=O)(=O)c2ccccc2)ccc1Cl. The molecule has 6 nitrogen and oxygen atoms in total. The molecular weight excluding hydrogens is 424 g/mol. The summed E-state index contributed by atoms with van der Waals surface area (Å²) < 4.78 is 33.3. The summed E-state index contributed by atoms with van der Waals surface area (Å²) in [5, 5.41) is 2.96. The van der Waals surface area contributed by atoms with Crippen molar-refractivity contribution in [3.8, 4) is 5.75 Å². The van der Waals surface area contributed by atoms with Crippen LogP contribution in [0.3, 0.4) is 0 Å². The normalized spacial score (nSPS) is 11.2. The summed E-state index contributed by atoms with van der Waals surface area (Å²) in [5.41, 5.74) is 0.840. The summed E-state index contributed by atoms with van der Waals surface area (Å²) in [6, 6.07) is 19.4. The van der Waals surface area contributed by atoms with Gasteiger partial charge >= 0.3 is 0 Å². The topological polar surface area (TPSA) is 84.5 Å². The summed E-state index contributed by atoms with van der Waals surface area (Å²) >= 11 is 6.20. The third-order valence-electron chi connectivity index (χ3n) is 4.01. The quantitative estimate of drug-likeness (QED) is 0.525. The molecule has 3 aromatic rings. The monoisotopic (exact) mass is 444 g/mol. The molecule has 0 bridgehead atoms. The van der Waals surface area contributed by atoms with Crippen LogP contribution in [0.4, 0.5) is 11.4 Å². The Bertz CT molecular complexity index is 1150. The summed E-state index contributed by atoms with van der Waals surface area (Å²) in [7, 11) is -3.79. The molecule has 0 aliphatic carbocycles. The number of hydrogen-bond acceptors (Lipinski definition) is 4. The molecule has 0 aliphatic heterocycles. The molecule has 0 saturated heterocycles. The van der Waals surface area contributed by atoms with Crippen LogP contribution < -0.4 is 14.8 Å². The van der Waals surface area contributed by atoms with Crippen molar-refractivity contribution < 1.29 is 17.9 Å². The first-order valence-corrected chi connectivity index (χ1v) is 11.1. The molecule has 3 aromatic carbocycles. The fourth-order valence-electron chi connectivity index (χ4n) is 2.69. The molecule has 0 radical (unpaired) electrons. The fraction of sp³-hybridized carbons (Fsp3) is 0.136. The number of carbonyl (C=O) groups is 1. The average molecular weight is 445 g/mol. The van der Waals surface area contributed by atoms with E-state index < -0.39 is 15.9 Å². The molecule has 2 N–H and O–H groups in total. The van der Waals surface area contributed by atoms with E-state index in [0.717, 1.165) is 0 Å². The average Bonchev–Trinajstić information content (AvgIpc) is 2.71. The van der Waals surface area contributed by atoms with Gasteiger partial charge in [0, 0.05) is 5.69 Å². The smallest absolute Gasteiger partial charge is 0.261 e. The van der Waals surface area contributed by atoms with Gasteiger partial charge in [-0.2, -0.15) is 0 Å². The van der Waals surface area contributed by atoms with E-state index in [1.54, 1.807) is 42.5 Å². The van der Waals surface area contributed by atoms with E-state index in [-0.39, 0.29) is 27.3 Å². The Labute approximate surface area is 180 Å². The van der Waals surface area contributed by atoms with Gasteiger partial charge in [-0.25, -0.2) is 8.42 Å². The highest BCUT2D eigenvalue weighted by atomic mass is 35.5. The van der Waals surface area contributed by atoms with Gasteiger partial charge in [-0.3, -0.25) is 9.52 Å². The molecule has 0 heterocycles. The van der Waals surface area contributed by atoms with Crippen LogP contribution in [-0.2, 0) is 10.0 Å². The molecule has 0 saturated carbocycles. The highest BCUT2D eigenvalue weighted by Gasteiger charge is 2.18. The second-order valence-corrected chi connectivity index (χ2v) is 8.82. The van der Waals surface area contributed by atoms with Crippen molar-refractivity contribution in [2.75, 3.05) is 10.0 Å². The Morgan fingerprint density at radius 3 is 2.33 bits per heavy atom. The number of para-hydroxylation sites is 2. The molecular formula is C22H21ClN2O4S. The molecule has 156 valence electrons. The molecule has 8 heteroatoms. The Balaban J connectivity index is 1.85. The molecule has 0 fully saturated rings. The van der Waals surface area contributed by atoms with Gasteiger partial charge in [-0.05, 0) is 56.3 Å². The van der Waals surface area contributed by atoms with Crippen molar-refractivity contribution >= 4 is 38.9 Å². The van der Waals surface area contributed by atoms with Gasteiger partial charge in [0.1, 0.15) is 5.75 Å². The Morgan fingerprint density at radius 2 is 1.63 bits per heavy atom. The predicted octanol–water partition coefficient (Wildman–Crippen LogP) is 5.18. The van der Waals surface area contributed by atoms with E-state index >= 15 is 0 Å². The van der Waals surface area contributed by atoms with Gasteiger partial charge in [0.25, 0.3) is 15.9 Å². The summed E-state index contributed by atoms with van der Waals surface area (Å²) in [6.45, 7) is 3.77. The first-order valence-electron chi connectivity index (χ1n) is 9.21. The van der Waals surface area contributed by atoms with Crippen LogP contribution in [0.1, 0.15) is 24.2 Å². The molecule has 0 spiro atoms. The lowest BCUT2D eigenvalue weighted by atomic mass is 10.2. The van der Waals surface area contributed by atoms with Gasteiger partial charge < -0.3 is 10.1 Å². The van der Waals surface area contributed by atoms with Crippen molar-refractivity contribution in [3.05, 3.63) is 83.4 Å². The zero-order valence-corrected chi connectivity index (χ0v) is 18.0. The number of halogens is 1. The molecule has 1 amide bonds. The van der Waals surface area contributed by atoms with E-state index in [4.69, 9.17) is 16.3 Å². The van der Waals surface area contributed by atoms with Crippen LogP contribution in [0.2, 0.25) is 5.02 Å². The first-order chi connectivity index (χ1) is 14.3. The Kier molecular flexibility index (Phi) is 6.64. The summed E-state index contributed by atoms with van der Waals surface area (Å²) in [4.78, 5) is 12.9. The second-order valence-electron chi connectivity index (χ2n) is 6.73. The highest BCUT2D eigenvalue weighted by Crippen LogP contribution is 2.28. The lowest BCUT2D eigenvalue weighted by molar-refractivity contribution is 0.102. The molecule has 3 rings (SSSR count). The van der Waals surface area contributed by atoms with E-state index in [1.807, 2.05) is 13.8 Å². The molecule has 0 atom stereocenters. The lowest BCUT2D eigenvalue weighted by Crippen LogP contribution is -2.16. The molecule has 0 unspecified atom stereocenters. The number of ether oxygens (including phenoxy) is 1. The number of carbonyl (C=O) groups excluding carboxylic acids is 1. The number of sulfonamides is 1.